The molecule has 0 amide bonds. The smallest absolute Gasteiger partial charge is 1.00 e. The number of halogens is 2. The fourth-order valence-electron chi connectivity index (χ4n) is 2.49. The number of rotatable bonds is 0. The molecule has 0 unspecified atom stereocenters. The van der Waals surface area contributed by atoms with Gasteiger partial charge < -0.3 is 24.8 Å². The van der Waals surface area contributed by atoms with Crippen molar-refractivity contribution in [1.82, 2.24) is 0 Å². The number of fused-ring (bicyclic) bond motifs is 2. The van der Waals surface area contributed by atoms with Gasteiger partial charge in [0.05, 0.1) is 0 Å². The van der Waals surface area contributed by atoms with Crippen molar-refractivity contribution in [2.24, 2.45) is 0 Å². The zero-order valence-electron chi connectivity index (χ0n) is 13.2. The van der Waals surface area contributed by atoms with Crippen LogP contribution in [0, 0.1) is 13.8 Å². The number of aryl methyl sites for hydroxylation is 2. The van der Waals surface area contributed by atoms with Gasteiger partial charge in [-0.2, -0.15) is 24.3 Å². The predicted molar refractivity (Wildman–Crippen MR) is 88.6 cm³/mol. The molecule has 0 fully saturated rings. The maximum absolute atomic E-state index is 2.20. The summed E-state index contributed by atoms with van der Waals surface area (Å²) in [6, 6.07) is 25.7. The minimum Gasteiger partial charge on any atom is -1.00 e. The Hall–Kier alpha value is -1.05. The normalized spacial score (nSPS) is 9.13. The zero-order valence-corrected chi connectivity index (χ0v) is 16.3. The summed E-state index contributed by atoms with van der Waals surface area (Å²) in [5.74, 6) is 0. The van der Waals surface area contributed by atoms with Gasteiger partial charge in [-0.05, 0) is 13.8 Å². The second-order valence-corrected chi connectivity index (χ2v) is 5.32. The van der Waals surface area contributed by atoms with E-state index in [1.54, 1.807) is 0 Å². The van der Waals surface area contributed by atoms with E-state index in [1.165, 1.54) is 32.7 Å². The molecule has 4 aromatic rings. The Kier molecular flexibility index (Phi) is 9.50. The molecule has 0 N–H and O–H groups in total. The van der Waals surface area contributed by atoms with Crippen molar-refractivity contribution in [2.75, 3.05) is 0 Å². The van der Waals surface area contributed by atoms with Crippen LogP contribution in [0.1, 0.15) is 11.1 Å². The summed E-state index contributed by atoms with van der Waals surface area (Å²) in [5.41, 5.74) is 2.66. The van der Waals surface area contributed by atoms with Crippen LogP contribution in [0.25, 0.3) is 21.5 Å². The van der Waals surface area contributed by atoms with Crippen LogP contribution in [0.4, 0.5) is 0 Å². The van der Waals surface area contributed by atoms with Gasteiger partial charge in [-0.25, -0.2) is 0 Å². The first kappa shape index (κ1) is 22.0. The van der Waals surface area contributed by atoms with Gasteiger partial charge in [0.1, 0.15) is 0 Å². The first-order valence-electron chi connectivity index (χ1n) is 6.96. The van der Waals surface area contributed by atoms with Crippen molar-refractivity contribution in [2.45, 2.75) is 13.8 Å². The monoisotopic (exact) mass is 376 g/mol. The first-order valence-corrected chi connectivity index (χ1v) is 6.96. The van der Waals surface area contributed by atoms with Gasteiger partial charge in [-0.1, -0.05) is 23.3 Å². The van der Waals surface area contributed by atoms with E-state index in [0.29, 0.717) is 0 Å². The average Bonchev–Trinajstić information content (AvgIpc) is 3.06. The van der Waals surface area contributed by atoms with Crippen molar-refractivity contribution < 1.29 is 46.5 Å². The Bertz CT molecular complexity index is 771. The molecule has 0 radical (unpaired) electrons. The maximum Gasteiger partial charge on any atom is 4.00 e. The third-order valence-electron chi connectivity index (χ3n) is 3.59. The summed E-state index contributed by atoms with van der Waals surface area (Å²) in [6.45, 7) is 4.24. The SMILES string of the molecule is Cc1ccc2cc[cH-]c2c1.Cc1ccc2cc[cH-]c2c1.[Cl-].[Cl-].[Ti+4]. The van der Waals surface area contributed by atoms with Gasteiger partial charge >= 0.3 is 21.7 Å². The van der Waals surface area contributed by atoms with Crippen LogP contribution >= 0.6 is 0 Å². The van der Waals surface area contributed by atoms with E-state index in [1.807, 2.05) is 0 Å². The van der Waals surface area contributed by atoms with Crippen LogP contribution in [0.3, 0.4) is 0 Å². The summed E-state index contributed by atoms with van der Waals surface area (Å²) in [4.78, 5) is 0. The molecule has 0 nitrogen and oxygen atoms in total. The van der Waals surface area contributed by atoms with E-state index in [-0.39, 0.29) is 46.5 Å². The van der Waals surface area contributed by atoms with Gasteiger partial charge in [0.15, 0.2) is 0 Å². The van der Waals surface area contributed by atoms with Crippen molar-refractivity contribution in [1.29, 1.82) is 0 Å². The van der Waals surface area contributed by atoms with E-state index in [0.717, 1.165) is 0 Å². The summed E-state index contributed by atoms with van der Waals surface area (Å²) < 4.78 is 0. The topological polar surface area (TPSA) is 0 Å². The molecule has 0 aromatic heterocycles. The van der Waals surface area contributed by atoms with Gasteiger partial charge in [0.25, 0.3) is 0 Å². The molecule has 0 bridgehead atoms. The minimum atomic E-state index is 0. The quantitative estimate of drug-likeness (QED) is 0.293. The van der Waals surface area contributed by atoms with Gasteiger partial charge in [0.2, 0.25) is 0 Å². The molecule has 4 aromatic carbocycles. The zero-order chi connectivity index (χ0) is 13.9. The molecule has 0 saturated heterocycles. The fraction of sp³-hybridized carbons (Fsp3) is 0.100. The first-order chi connectivity index (χ1) is 9.72. The van der Waals surface area contributed by atoms with E-state index in [4.69, 9.17) is 0 Å². The van der Waals surface area contributed by atoms with Crippen molar-refractivity contribution in [3.63, 3.8) is 0 Å². The van der Waals surface area contributed by atoms with Gasteiger partial charge in [0, 0.05) is 0 Å². The molecule has 0 spiro atoms. The summed E-state index contributed by atoms with van der Waals surface area (Å²) >= 11 is 0. The molecule has 116 valence electrons. The molecule has 0 aliphatic heterocycles. The Morgan fingerprint density at radius 1 is 0.609 bits per heavy atom. The molecule has 0 atom stereocenters. The second-order valence-electron chi connectivity index (χ2n) is 5.32. The number of hydrogen-bond donors (Lipinski definition) is 0. The molecule has 0 aliphatic carbocycles. The van der Waals surface area contributed by atoms with E-state index < -0.39 is 0 Å². The number of hydrogen-bond acceptors (Lipinski definition) is 0. The van der Waals surface area contributed by atoms with Crippen LogP contribution in [-0.4, -0.2) is 0 Å². The third kappa shape index (κ3) is 5.51. The van der Waals surface area contributed by atoms with E-state index >= 15 is 0 Å². The second kappa shape index (κ2) is 9.95. The molecule has 23 heavy (non-hydrogen) atoms. The third-order valence-corrected chi connectivity index (χ3v) is 3.59. The summed E-state index contributed by atoms with van der Waals surface area (Å²) in [6.07, 6.45) is 0. The molecule has 4 rings (SSSR count). The largest absolute Gasteiger partial charge is 4.00 e. The Morgan fingerprint density at radius 3 is 1.39 bits per heavy atom. The molecule has 0 heterocycles. The van der Waals surface area contributed by atoms with Crippen LogP contribution in [-0.2, 0) is 21.7 Å². The van der Waals surface area contributed by atoms with Crippen molar-refractivity contribution in [3.8, 4) is 0 Å². The summed E-state index contributed by atoms with van der Waals surface area (Å²) in [5, 5.41) is 5.37. The van der Waals surface area contributed by atoms with Crippen molar-refractivity contribution in [3.05, 3.63) is 83.9 Å². The fourth-order valence-corrected chi connectivity index (χ4v) is 2.49. The van der Waals surface area contributed by atoms with Crippen molar-refractivity contribution >= 4 is 21.5 Å². The predicted octanol–water partition coefficient (Wildman–Crippen LogP) is -0.260. The molecular weight excluding hydrogens is 359 g/mol. The van der Waals surface area contributed by atoms with Crippen LogP contribution in [0.5, 0.6) is 0 Å². The Morgan fingerprint density at radius 2 is 1.00 bits per heavy atom. The van der Waals surface area contributed by atoms with Crippen LogP contribution in [0.2, 0.25) is 0 Å². The standard InChI is InChI=1S/2C10H9.2ClH.Ti/c2*1-8-5-6-9-3-2-4-10(9)7-8;;;/h2*2-7H,1H3;2*1H;/q2*-1;;;+4/p-2. The van der Waals surface area contributed by atoms with E-state index in [2.05, 4.69) is 86.6 Å². The molecular formula is C20H18Cl2Ti. The van der Waals surface area contributed by atoms with E-state index in [9.17, 15) is 0 Å². The number of benzene rings is 2. The minimum absolute atomic E-state index is 0. The van der Waals surface area contributed by atoms with Crippen LogP contribution < -0.4 is 24.8 Å². The van der Waals surface area contributed by atoms with Gasteiger partial charge in [-0.3, -0.25) is 0 Å². The van der Waals surface area contributed by atoms with Crippen LogP contribution in [0.15, 0.2) is 72.8 Å². The Labute approximate surface area is 165 Å². The van der Waals surface area contributed by atoms with Gasteiger partial charge in [-0.15, -0.1) is 57.9 Å². The maximum atomic E-state index is 2.20. The average molecular weight is 377 g/mol. The molecule has 0 aliphatic rings. The Balaban J connectivity index is 0.000000372. The summed E-state index contributed by atoms with van der Waals surface area (Å²) in [7, 11) is 0. The molecule has 0 saturated carbocycles. The molecule has 3 heteroatoms.